The van der Waals surface area contributed by atoms with Crippen LogP contribution in [-0.2, 0) is 4.74 Å². The summed E-state index contributed by atoms with van der Waals surface area (Å²) in [6, 6.07) is 0. The van der Waals surface area contributed by atoms with Crippen LogP contribution in [0.1, 0.15) is 13.3 Å². The highest BCUT2D eigenvalue weighted by molar-refractivity contribution is 4.90. The van der Waals surface area contributed by atoms with Gasteiger partial charge in [0.25, 0.3) is 0 Å². The molecule has 0 aromatic heterocycles. The second kappa shape index (κ2) is 3.50. The Balaban J connectivity index is 2.49. The first kappa shape index (κ1) is 8.94. The summed E-state index contributed by atoms with van der Waals surface area (Å²) in [5, 5.41) is 3.15. The van der Waals surface area contributed by atoms with Crippen molar-refractivity contribution >= 4 is 0 Å². The summed E-state index contributed by atoms with van der Waals surface area (Å²) < 4.78 is 18.7. The molecule has 2 atom stereocenters. The Labute approximate surface area is 67.1 Å². The average molecular weight is 161 g/mol. The molecule has 0 radical (unpaired) electrons. The van der Waals surface area contributed by atoms with Gasteiger partial charge < -0.3 is 10.1 Å². The fourth-order valence-corrected chi connectivity index (χ4v) is 1.50. The van der Waals surface area contributed by atoms with Crippen molar-refractivity contribution in [3.63, 3.8) is 0 Å². The highest BCUT2D eigenvalue weighted by atomic mass is 19.1. The van der Waals surface area contributed by atoms with Crippen molar-refractivity contribution in [1.82, 2.24) is 5.32 Å². The van der Waals surface area contributed by atoms with Crippen molar-refractivity contribution in [2.75, 3.05) is 26.8 Å². The highest BCUT2D eigenvalue weighted by Gasteiger charge is 2.38. The van der Waals surface area contributed by atoms with E-state index in [4.69, 9.17) is 4.74 Å². The first-order valence-corrected chi connectivity index (χ1v) is 4.07. The number of rotatable bonds is 2. The maximum absolute atomic E-state index is 13.8. The van der Waals surface area contributed by atoms with Crippen LogP contribution in [0.25, 0.3) is 0 Å². The SMILES string of the molecule is COCC1(F)CCNCC1C. The van der Waals surface area contributed by atoms with Crippen LogP contribution in [0.15, 0.2) is 0 Å². The topological polar surface area (TPSA) is 21.3 Å². The minimum atomic E-state index is -1.10. The molecule has 0 aromatic rings. The van der Waals surface area contributed by atoms with Crippen molar-refractivity contribution in [3.8, 4) is 0 Å². The predicted octanol–water partition coefficient (Wildman–Crippen LogP) is 0.971. The number of hydrogen-bond acceptors (Lipinski definition) is 2. The van der Waals surface area contributed by atoms with E-state index in [9.17, 15) is 4.39 Å². The number of nitrogens with one attached hydrogen (secondary N) is 1. The third-order valence-electron chi connectivity index (χ3n) is 2.44. The molecule has 0 amide bonds. The fourth-order valence-electron chi connectivity index (χ4n) is 1.50. The first-order chi connectivity index (χ1) is 5.19. The molecule has 11 heavy (non-hydrogen) atoms. The van der Waals surface area contributed by atoms with Crippen LogP contribution >= 0.6 is 0 Å². The summed E-state index contributed by atoms with van der Waals surface area (Å²) in [5.74, 6) is 0.0659. The van der Waals surface area contributed by atoms with Crippen LogP contribution in [0, 0.1) is 5.92 Å². The Bertz CT molecular complexity index is 127. The van der Waals surface area contributed by atoms with Gasteiger partial charge in [-0.2, -0.15) is 0 Å². The van der Waals surface area contributed by atoms with Crippen LogP contribution in [0.5, 0.6) is 0 Å². The molecule has 1 aliphatic rings. The van der Waals surface area contributed by atoms with Crippen LogP contribution in [0.2, 0.25) is 0 Å². The zero-order valence-electron chi connectivity index (χ0n) is 7.19. The molecule has 1 heterocycles. The monoisotopic (exact) mass is 161 g/mol. The molecule has 66 valence electrons. The molecule has 0 spiro atoms. The van der Waals surface area contributed by atoms with Crippen molar-refractivity contribution < 1.29 is 9.13 Å². The lowest BCUT2D eigenvalue weighted by atomic mass is 9.85. The van der Waals surface area contributed by atoms with Gasteiger partial charge in [0.2, 0.25) is 0 Å². The lowest BCUT2D eigenvalue weighted by molar-refractivity contribution is -0.0177. The van der Waals surface area contributed by atoms with Gasteiger partial charge in [0, 0.05) is 19.6 Å². The minimum Gasteiger partial charge on any atom is -0.381 e. The maximum atomic E-state index is 13.8. The van der Waals surface area contributed by atoms with E-state index in [2.05, 4.69) is 5.32 Å². The molecule has 1 fully saturated rings. The van der Waals surface area contributed by atoms with Crippen molar-refractivity contribution in [1.29, 1.82) is 0 Å². The van der Waals surface area contributed by atoms with Gasteiger partial charge in [-0.05, 0) is 13.0 Å². The largest absolute Gasteiger partial charge is 0.381 e. The third-order valence-corrected chi connectivity index (χ3v) is 2.44. The zero-order chi connectivity index (χ0) is 8.32. The maximum Gasteiger partial charge on any atom is 0.139 e. The number of methoxy groups -OCH3 is 1. The lowest BCUT2D eigenvalue weighted by Gasteiger charge is -2.35. The molecule has 1 saturated heterocycles. The molecular formula is C8H16FNO. The second-order valence-electron chi connectivity index (χ2n) is 3.32. The zero-order valence-corrected chi connectivity index (χ0v) is 7.19. The molecule has 1 N–H and O–H groups in total. The molecule has 1 rings (SSSR count). The van der Waals surface area contributed by atoms with Gasteiger partial charge in [0.15, 0.2) is 0 Å². The van der Waals surface area contributed by atoms with Crippen LogP contribution in [-0.4, -0.2) is 32.5 Å². The third kappa shape index (κ3) is 1.91. The fraction of sp³-hybridized carbons (Fsp3) is 1.00. The van der Waals surface area contributed by atoms with Crippen LogP contribution in [0.3, 0.4) is 0 Å². The van der Waals surface area contributed by atoms with Gasteiger partial charge in [-0.25, -0.2) is 4.39 Å². The lowest BCUT2D eigenvalue weighted by Crippen LogP contribution is -2.48. The molecule has 0 bridgehead atoms. The van der Waals surface area contributed by atoms with Crippen molar-refractivity contribution in [3.05, 3.63) is 0 Å². The number of ether oxygens (including phenoxy) is 1. The van der Waals surface area contributed by atoms with E-state index >= 15 is 0 Å². The van der Waals surface area contributed by atoms with Gasteiger partial charge in [-0.3, -0.25) is 0 Å². The summed E-state index contributed by atoms with van der Waals surface area (Å²) >= 11 is 0. The predicted molar refractivity (Wildman–Crippen MR) is 42.4 cm³/mol. The molecule has 0 aliphatic carbocycles. The van der Waals surface area contributed by atoms with E-state index in [1.54, 1.807) is 7.11 Å². The molecule has 0 saturated carbocycles. The van der Waals surface area contributed by atoms with E-state index < -0.39 is 5.67 Å². The van der Waals surface area contributed by atoms with E-state index in [-0.39, 0.29) is 12.5 Å². The normalized spacial score (nSPS) is 39.0. The smallest absolute Gasteiger partial charge is 0.139 e. The van der Waals surface area contributed by atoms with E-state index in [1.807, 2.05) is 6.92 Å². The number of hydrogen-bond donors (Lipinski definition) is 1. The van der Waals surface area contributed by atoms with E-state index in [1.165, 1.54) is 0 Å². The standard InChI is InChI=1S/C8H16FNO/c1-7-5-10-4-3-8(7,9)6-11-2/h7,10H,3-6H2,1-2H3. The first-order valence-electron chi connectivity index (χ1n) is 4.07. The number of halogens is 1. The Hall–Kier alpha value is -0.150. The van der Waals surface area contributed by atoms with Crippen LogP contribution < -0.4 is 5.32 Å². The summed E-state index contributed by atoms with van der Waals surface area (Å²) in [7, 11) is 1.55. The van der Waals surface area contributed by atoms with Gasteiger partial charge in [0.05, 0.1) is 6.61 Å². The summed E-state index contributed by atoms with van der Waals surface area (Å²) in [4.78, 5) is 0. The summed E-state index contributed by atoms with van der Waals surface area (Å²) in [6.45, 7) is 3.69. The Morgan fingerprint density at radius 3 is 3.00 bits per heavy atom. The summed E-state index contributed by atoms with van der Waals surface area (Å²) in [6.07, 6.45) is 0.571. The van der Waals surface area contributed by atoms with Gasteiger partial charge >= 0.3 is 0 Å². The number of piperidine rings is 1. The second-order valence-corrected chi connectivity index (χ2v) is 3.32. The Morgan fingerprint density at radius 1 is 1.73 bits per heavy atom. The highest BCUT2D eigenvalue weighted by Crippen LogP contribution is 2.28. The summed E-state index contributed by atoms with van der Waals surface area (Å²) in [5.41, 5.74) is -1.10. The molecular weight excluding hydrogens is 145 g/mol. The van der Waals surface area contributed by atoms with E-state index in [0.717, 1.165) is 13.1 Å². The molecule has 1 aliphatic heterocycles. The molecule has 0 aromatic carbocycles. The molecule has 2 unspecified atom stereocenters. The number of alkyl halides is 1. The Kier molecular flexibility index (Phi) is 2.84. The molecule has 2 nitrogen and oxygen atoms in total. The van der Waals surface area contributed by atoms with Crippen molar-refractivity contribution in [2.24, 2.45) is 5.92 Å². The van der Waals surface area contributed by atoms with E-state index in [0.29, 0.717) is 6.42 Å². The van der Waals surface area contributed by atoms with Gasteiger partial charge in [-0.1, -0.05) is 6.92 Å². The van der Waals surface area contributed by atoms with Gasteiger partial charge in [-0.15, -0.1) is 0 Å². The van der Waals surface area contributed by atoms with Gasteiger partial charge in [0.1, 0.15) is 5.67 Å². The molecule has 3 heteroatoms. The average Bonchev–Trinajstić information content (AvgIpc) is 1.96. The minimum absolute atomic E-state index is 0.0659. The quantitative estimate of drug-likeness (QED) is 0.651. The Morgan fingerprint density at radius 2 is 2.45 bits per heavy atom. The van der Waals surface area contributed by atoms with Crippen molar-refractivity contribution in [2.45, 2.75) is 19.0 Å². The van der Waals surface area contributed by atoms with Crippen LogP contribution in [0.4, 0.5) is 4.39 Å².